The molecule has 0 unspecified atom stereocenters. The lowest BCUT2D eigenvalue weighted by atomic mass is 10.4. The smallest absolute Gasteiger partial charge is 0.228 e. The summed E-state index contributed by atoms with van der Waals surface area (Å²) < 4.78 is 0. The van der Waals surface area contributed by atoms with Crippen LogP contribution in [0.15, 0.2) is 0 Å². The van der Waals surface area contributed by atoms with Crippen LogP contribution in [0.1, 0.15) is 15.4 Å². The Hall–Kier alpha value is -0.550. The second-order valence-electron chi connectivity index (χ2n) is 1.77. The molecule has 0 fully saturated rings. The molecule has 10 heavy (non-hydrogen) atoms. The number of nitrogens with two attached hydrogens (primary N) is 1. The highest BCUT2D eigenvalue weighted by molar-refractivity contribution is 7.97. The lowest BCUT2D eigenvalue weighted by Crippen LogP contribution is -1.86. The zero-order valence-corrected chi connectivity index (χ0v) is 7.00. The van der Waals surface area contributed by atoms with Crippen LogP contribution in [0.25, 0.3) is 0 Å². The van der Waals surface area contributed by atoms with Gasteiger partial charge in [-0.2, -0.15) is 0 Å². The highest BCUT2D eigenvalue weighted by Gasteiger charge is 2.09. The van der Waals surface area contributed by atoms with E-state index in [1.54, 1.807) is 6.92 Å². The Bertz CT molecular complexity index is 269. The van der Waals surface area contributed by atoms with Gasteiger partial charge in [-0.25, -0.2) is 4.98 Å². The molecule has 1 aromatic rings. The summed E-state index contributed by atoms with van der Waals surface area (Å²) in [7, 11) is 0. The summed E-state index contributed by atoms with van der Waals surface area (Å²) in [5, 5.41) is 0.140. The molecular weight excluding hydrogens is 168 g/mol. The lowest BCUT2D eigenvalue weighted by molar-refractivity contribution is 0.109. The lowest BCUT2D eigenvalue weighted by Gasteiger charge is -1.84. The minimum atomic E-state index is -0.272. The minimum absolute atomic E-state index is 0.272. The molecule has 0 bridgehead atoms. The Labute approximate surface area is 67.7 Å². The van der Waals surface area contributed by atoms with Gasteiger partial charge in [0, 0.05) is 0 Å². The average Bonchev–Trinajstić information content (AvgIpc) is 2.10. The second kappa shape index (κ2) is 2.59. The largest absolute Gasteiger partial charge is 0.375 e. The van der Waals surface area contributed by atoms with Gasteiger partial charge in [0.15, 0.2) is 5.13 Å². The first-order valence-corrected chi connectivity index (χ1v) is 3.84. The zero-order chi connectivity index (χ0) is 7.72. The first-order chi connectivity index (χ1) is 4.61. The molecule has 1 heterocycles. The van der Waals surface area contributed by atoms with Gasteiger partial charge < -0.3 is 5.73 Å². The Balaban J connectivity index is 3.15. The van der Waals surface area contributed by atoms with Crippen LogP contribution in [0.3, 0.4) is 0 Å². The van der Waals surface area contributed by atoms with Crippen LogP contribution in [-0.2, 0) is 0 Å². The predicted molar refractivity (Wildman–Crippen MR) is 44.6 cm³/mol. The van der Waals surface area contributed by atoms with Crippen molar-refractivity contribution < 1.29 is 4.79 Å². The Morgan fingerprint density at radius 1 is 1.80 bits per heavy atom. The van der Waals surface area contributed by atoms with Gasteiger partial charge in [0.05, 0.1) is 5.69 Å². The number of anilines is 1. The van der Waals surface area contributed by atoms with E-state index in [4.69, 9.17) is 5.73 Å². The van der Waals surface area contributed by atoms with Gasteiger partial charge in [-0.15, -0.1) is 0 Å². The Kier molecular flexibility index (Phi) is 1.96. The molecule has 0 aliphatic heterocycles. The molecule has 0 aliphatic carbocycles. The van der Waals surface area contributed by atoms with Crippen LogP contribution in [0.5, 0.6) is 0 Å². The predicted octanol–water partition coefficient (Wildman–Crippen LogP) is 1.10. The van der Waals surface area contributed by atoms with Crippen LogP contribution in [0, 0.1) is 6.92 Å². The molecule has 0 saturated carbocycles. The molecule has 1 rings (SSSR count). The molecule has 0 spiro atoms. The molecule has 0 aromatic carbocycles. The van der Waals surface area contributed by atoms with Crippen molar-refractivity contribution in [2.45, 2.75) is 6.92 Å². The van der Waals surface area contributed by atoms with Crippen molar-refractivity contribution in [2.75, 3.05) is 5.73 Å². The molecule has 3 nitrogen and oxygen atoms in total. The number of aryl methyl sites for hydroxylation is 1. The molecule has 1 aromatic heterocycles. The molecule has 0 saturated heterocycles. The van der Waals surface area contributed by atoms with Gasteiger partial charge in [0.2, 0.25) is 5.12 Å². The number of hydrogen-bond donors (Lipinski definition) is 2. The molecule has 0 atom stereocenters. The minimum Gasteiger partial charge on any atom is -0.375 e. The second-order valence-corrected chi connectivity index (χ2v) is 3.21. The van der Waals surface area contributed by atoms with E-state index in [2.05, 4.69) is 17.6 Å². The third-order valence-corrected chi connectivity index (χ3v) is 2.37. The fourth-order valence-electron chi connectivity index (χ4n) is 0.616. The van der Waals surface area contributed by atoms with E-state index in [9.17, 15) is 4.79 Å². The maximum absolute atomic E-state index is 10.7. The van der Waals surface area contributed by atoms with Crippen molar-refractivity contribution in [3.8, 4) is 0 Å². The first-order valence-electron chi connectivity index (χ1n) is 2.57. The summed E-state index contributed by atoms with van der Waals surface area (Å²) in [6, 6.07) is 0. The Morgan fingerprint density at radius 2 is 2.40 bits per heavy atom. The van der Waals surface area contributed by atoms with E-state index in [1.807, 2.05) is 0 Å². The van der Waals surface area contributed by atoms with Crippen LogP contribution < -0.4 is 5.73 Å². The highest BCUT2D eigenvalue weighted by atomic mass is 32.1. The highest BCUT2D eigenvalue weighted by Crippen LogP contribution is 2.20. The van der Waals surface area contributed by atoms with Crippen molar-refractivity contribution in [3.05, 3.63) is 10.6 Å². The van der Waals surface area contributed by atoms with Gasteiger partial charge in [0.1, 0.15) is 4.88 Å². The summed E-state index contributed by atoms with van der Waals surface area (Å²) in [5.74, 6) is 0. The first kappa shape index (κ1) is 7.56. The number of rotatable bonds is 1. The van der Waals surface area contributed by atoms with Gasteiger partial charge in [0.25, 0.3) is 0 Å². The number of thiazole rings is 1. The monoisotopic (exact) mass is 174 g/mol. The quantitative estimate of drug-likeness (QED) is 0.627. The number of hydrogen-bond acceptors (Lipinski definition) is 4. The van der Waals surface area contributed by atoms with Crippen molar-refractivity contribution in [2.24, 2.45) is 0 Å². The molecule has 0 aliphatic rings. The van der Waals surface area contributed by atoms with E-state index in [0.29, 0.717) is 15.7 Å². The molecule has 5 heteroatoms. The number of nitrogen functional groups attached to an aromatic ring is 1. The number of nitrogens with zero attached hydrogens (tertiary/aromatic N) is 1. The van der Waals surface area contributed by atoms with E-state index in [0.717, 1.165) is 11.3 Å². The van der Waals surface area contributed by atoms with Crippen LogP contribution in [0.2, 0.25) is 0 Å². The average molecular weight is 174 g/mol. The molecule has 0 radical (unpaired) electrons. The van der Waals surface area contributed by atoms with Gasteiger partial charge in [-0.05, 0) is 6.92 Å². The maximum Gasteiger partial charge on any atom is 0.228 e. The standard InChI is InChI=1S/C5H6N2OS2/c1-2-3(4(8)9)10-5(6)7-2/h1H3,(H2,6,7)(H,8,9). The zero-order valence-electron chi connectivity index (χ0n) is 5.29. The van der Waals surface area contributed by atoms with E-state index in [-0.39, 0.29) is 5.12 Å². The van der Waals surface area contributed by atoms with Crippen LogP contribution in [-0.4, -0.2) is 10.1 Å². The molecular formula is C5H6N2OS2. The summed E-state index contributed by atoms with van der Waals surface area (Å²) in [5.41, 5.74) is 5.99. The van der Waals surface area contributed by atoms with Crippen molar-refractivity contribution in [1.29, 1.82) is 0 Å². The topological polar surface area (TPSA) is 56.0 Å². The summed E-state index contributed by atoms with van der Waals surface area (Å²) >= 11 is 4.81. The van der Waals surface area contributed by atoms with E-state index >= 15 is 0 Å². The number of carbonyl (C=O) groups is 1. The molecule has 2 N–H and O–H groups in total. The third-order valence-electron chi connectivity index (χ3n) is 1.01. The fraction of sp³-hybridized carbons (Fsp3) is 0.200. The molecule has 0 amide bonds. The Morgan fingerprint density at radius 3 is 2.60 bits per heavy atom. The van der Waals surface area contributed by atoms with E-state index in [1.165, 1.54) is 0 Å². The van der Waals surface area contributed by atoms with Gasteiger partial charge in [-0.3, -0.25) is 4.79 Å². The van der Waals surface area contributed by atoms with Crippen LogP contribution in [0.4, 0.5) is 5.13 Å². The number of aromatic nitrogens is 1. The number of carbonyl (C=O) groups excluding carboxylic acids is 1. The van der Waals surface area contributed by atoms with Crippen LogP contribution >= 0.6 is 24.0 Å². The van der Waals surface area contributed by atoms with E-state index < -0.39 is 0 Å². The summed E-state index contributed by atoms with van der Waals surface area (Å²) in [4.78, 5) is 15.0. The fourth-order valence-corrected chi connectivity index (χ4v) is 1.59. The maximum atomic E-state index is 10.7. The van der Waals surface area contributed by atoms with Crippen molar-refractivity contribution >= 4 is 34.2 Å². The molecule has 54 valence electrons. The summed E-state index contributed by atoms with van der Waals surface area (Å²) in [6.45, 7) is 1.73. The van der Waals surface area contributed by atoms with Crippen molar-refractivity contribution in [3.63, 3.8) is 0 Å². The SMILES string of the molecule is Cc1nc(N)sc1C(=O)S. The number of thiol groups is 1. The van der Waals surface area contributed by atoms with Gasteiger partial charge >= 0.3 is 0 Å². The normalized spacial score (nSPS) is 9.80. The third kappa shape index (κ3) is 1.30. The summed E-state index contributed by atoms with van der Waals surface area (Å²) in [6.07, 6.45) is 0. The van der Waals surface area contributed by atoms with Gasteiger partial charge in [-0.1, -0.05) is 24.0 Å². The van der Waals surface area contributed by atoms with Crippen molar-refractivity contribution in [1.82, 2.24) is 4.98 Å².